The molecule has 0 aliphatic carbocycles. The summed E-state index contributed by atoms with van der Waals surface area (Å²) in [5, 5.41) is 2.18. The van der Waals surface area contributed by atoms with Gasteiger partial charge >= 0.3 is 12.4 Å². The lowest BCUT2D eigenvalue weighted by molar-refractivity contribution is -0.145. The van der Waals surface area contributed by atoms with Crippen molar-refractivity contribution < 1.29 is 31.1 Å². The van der Waals surface area contributed by atoms with E-state index in [1.54, 1.807) is 6.07 Å². The minimum absolute atomic E-state index is 0.140. The summed E-state index contributed by atoms with van der Waals surface area (Å²) in [5.41, 5.74) is -4.15. The van der Waals surface area contributed by atoms with Gasteiger partial charge in [-0.25, -0.2) is 4.98 Å². The number of benzene rings is 1. The maximum absolute atomic E-state index is 12.7. The van der Waals surface area contributed by atoms with Crippen molar-refractivity contribution in [3.63, 3.8) is 0 Å². The minimum atomic E-state index is -5.11. The highest BCUT2D eigenvalue weighted by atomic mass is 19.4. The lowest BCUT2D eigenvalue weighted by Crippen LogP contribution is -2.20. The predicted molar refractivity (Wildman–Crippen MR) is 68.6 cm³/mol. The Morgan fingerprint density at radius 2 is 1.52 bits per heavy atom. The summed E-state index contributed by atoms with van der Waals surface area (Å²) < 4.78 is 76.1. The zero-order valence-corrected chi connectivity index (χ0v) is 11.2. The van der Waals surface area contributed by atoms with Gasteiger partial charge in [0.25, 0.3) is 5.91 Å². The molecule has 1 heterocycles. The number of anilines is 1. The van der Waals surface area contributed by atoms with Gasteiger partial charge in [0.1, 0.15) is 11.4 Å². The fourth-order valence-corrected chi connectivity index (χ4v) is 1.67. The van der Waals surface area contributed by atoms with Crippen molar-refractivity contribution in [2.24, 2.45) is 0 Å². The van der Waals surface area contributed by atoms with Crippen LogP contribution in [-0.4, -0.2) is 10.9 Å². The number of carbonyl (C=O) groups is 1. The van der Waals surface area contributed by atoms with Gasteiger partial charge in [0, 0.05) is 5.69 Å². The average Bonchev–Trinajstić information content (AvgIpc) is 2.46. The Kier molecular flexibility index (Phi) is 4.31. The van der Waals surface area contributed by atoms with Crippen LogP contribution in [0.25, 0.3) is 0 Å². The highest BCUT2D eigenvalue weighted by Gasteiger charge is 2.38. The molecule has 2 aromatic rings. The molecule has 1 aromatic carbocycles. The number of pyridine rings is 1. The largest absolute Gasteiger partial charge is 0.433 e. The van der Waals surface area contributed by atoms with Crippen LogP contribution >= 0.6 is 0 Å². The summed E-state index contributed by atoms with van der Waals surface area (Å²) in [7, 11) is 0. The van der Waals surface area contributed by atoms with Crippen molar-refractivity contribution in [3.05, 3.63) is 59.4 Å². The molecule has 0 saturated heterocycles. The van der Waals surface area contributed by atoms with Gasteiger partial charge in [-0.15, -0.1) is 0 Å². The molecule has 0 atom stereocenters. The number of hydrogen-bond donors (Lipinski definition) is 1. The van der Waals surface area contributed by atoms with Gasteiger partial charge in [-0.05, 0) is 24.3 Å². The van der Waals surface area contributed by atoms with Crippen LogP contribution in [0, 0.1) is 0 Å². The molecule has 3 nitrogen and oxygen atoms in total. The van der Waals surface area contributed by atoms with Crippen LogP contribution in [0.5, 0.6) is 0 Å². The molecular formula is C14H8F6N2O. The van der Waals surface area contributed by atoms with E-state index >= 15 is 0 Å². The number of carbonyl (C=O) groups excluding carboxylic acids is 1. The lowest BCUT2D eigenvalue weighted by Gasteiger charge is -2.13. The summed E-state index contributed by atoms with van der Waals surface area (Å²) in [6.07, 6.45) is -10.1. The number of para-hydroxylation sites is 1. The monoisotopic (exact) mass is 334 g/mol. The van der Waals surface area contributed by atoms with Crippen LogP contribution in [0.4, 0.5) is 32.0 Å². The first kappa shape index (κ1) is 16.8. The van der Waals surface area contributed by atoms with E-state index < -0.39 is 35.2 Å². The predicted octanol–water partition coefficient (Wildman–Crippen LogP) is 4.37. The average molecular weight is 334 g/mol. The zero-order valence-electron chi connectivity index (χ0n) is 11.2. The summed E-state index contributed by atoms with van der Waals surface area (Å²) in [6, 6.07) is 7.69. The summed E-state index contributed by atoms with van der Waals surface area (Å²) >= 11 is 0. The van der Waals surface area contributed by atoms with Gasteiger partial charge in [0.05, 0.1) is 5.56 Å². The zero-order chi connectivity index (χ0) is 17.3. The molecular weight excluding hydrogens is 326 g/mol. The first-order chi connectivity index (χ1) is 10.6. The van der Waals surface area contributed by atoms with Crippen LogP contribution in [0.2, 0.25) is 0 Å². The van der Waals surface area contributed by atoms with E-state index in [2.05, 4.69) is 10.3 Å². The number of nitrogens with zero attached hydrogens (tertiary/aromatic N) is 1. The maximum atomic E-state index is 12.7. The van der Waals surface area contributed by atoms with Gasteiger partial charge in [-0.1, -0.05) is 18.2 Å². The van der Waals surface area contributed by atoms with Crippen molar-refractivity contribution in [1.82, 2.24) is 4.98 Å². The second-order valence-electron chi connectivity index (χ2n) is 4.44. The second kappa shape index (κ2) is 5.90. The number of rotatable bonds is 2. The molecule has 1 aromatic heterocycles. The maximum Gasteiger partial charge on any atom is 0.433 e. The molecule has 122 valence electrons. The first-order valence-electron chi connectivity index (χ1n) is 6.10. The van der Waals surface area contributed by atoms with Gasteiger partial charge < -0.3 is 5.32 Å². The van der Waals surface area contributed by atoms with E-state index in [0.29, 0.717) is 0 Å². The van der Waals surface area contributed by atoms with Crippen LogP contribution in [0.3, 0.4) is 0 Å². The molecule has 1 amide bonds. The van der Waals surface area contributed by atoms with Crippen LogP contribution in [0.15, 0.2) is 42.5 Å². The molecule has 0 radical (unpaired) electrons. The number of amides is 1. The quantitative estimate of drug-likeness (QED) is 0.829. The molecule has 0 aliphatic rings. The van der Waals surface area contributed by atoms with Crippen LogP contribution in [-0.2, 0) is 12.4 Å². The minimum Gasteiger partial charge on any atom is -0.321 e. The Morgan fingerprint density at radius 3 is 2.04 bits per heavy atom. The number of aromatic nitrogens is 1. The lowest BCUT2D eigenvalue weighted by atomic mass is 10.1. The molecule has 0 saturated carbocycles. The van der Waals surface area contributed by atoms with Gasteiger partial charge in [0.15, 0.2) is 0 Å². The fraction of sp³-hybridized carbons (Fsp3) is 0.143. The van der Waals surface area contributed by atoms with Crippen LogP contribution in [0.1, 0.15) is 21.7 Å². The molecule has 9 heteroatoms. The van der Waals surface area contributed by atoms with Crippen LogP contribution < -0.4 is 5.32 Å². The van der Waals surface area contributed by atoms with E-state index in [0.717, 1.165) is 0 Å². The van der Waals surface area contributed by atoms with E-state index in [-0.39, 0.29) is 17.8 Å². The van der Waals surface area contributed by atoms with E-state index in [9.17, 15) is 31.1 Å². The molecule has 0 bridgehead atoms. The Hall–Kier alpha value is -2.58. The van der Waals surface area contributed by atoms with Crippen molar-refractivity contribution in [2.45, 2.75) is 12.4 Å². The van der Waals surface area contributed by atoms with Crippen molar-refractivity contribution in [3.8, 4) is 0 Å². The Bertz CT molecular complexity index is 677. The standard InChI is InChI=1S/C14H8F6N2O/c15-13(16,17)8-6-10(22-11(7-8)14(18,19)20)12(23)21-9-4-2-1-3-5-9/h1-7H,(H,21,23). The van der Waals surface area contributed by atoms with E-state index in [1.807, 2.05) is 0 Å². The Labute approximate surface area is 126 Å². The summed E-state index contributed by atoms with van der Waals surface area (Å²) in [5.74, 6) is -1.17. The molecule has 0 aliphatic heterocycles. The SMILES string of the molecule is O=C(Nc1ccccc1)c1cc(C(F)(F)F)cc(C(F)(F)F)n1. The normalized spacial score (nSPS) is 12.1. The Morgan fingerprint density at radius 1 is 0.913 bits per heavy atom. The Balaban J connectivity index is 2.43. The van der Waals surface area contributed by atoms with E-state index in [4.69, 9.17) is 0 Å². The summed E-state index contributed by atoms with van der Waals surface area (Å²) in [6.45, 7) is 0. The van der Waals surface area contributed by atoms with Crippen molar-refractivity contribution in [1.29, 1.82) is 0 Å². The van der Waals surface area contributed by atoms with Crippen molar-refractivity contribution in [2.75, 3.05) is 5.32 Å². The molecule has 2 rings (SSSR count). The van der Waals surface area contributed by atoms with Crippen molar-refractivity contribution >= 4 is 11.6 Å². The highest BCUT2D eigenvalue weighted by Crippen LogP contribution is 2.34. The first-order valence-corrected chi connectivity index (χ1v) is 6.10. The van der Waals surface area contributed by atoms with E-state index in [1.165, 1.54) is 24.3 Å². The van der Waals surface area contributed by atoms with Gasteiger partial charge in [-0.2, -0.15) is 26.3 Å². The fourth-order valence-electron chi connectivity index (χ4n) is 1.67. The number of halogens is 6. The molecule has 0 fully saturated rings. The van der Waals surface area contributed by atoms with Gasteiger partial charge in [0.2, 0.25) is 0 Å². The number of hydrogen-bond acceptors (Lipinski definition) is 2. The highest BCUT2D eigenvalue weighted by molar-refractivity contribution is 6.03. The molecule has 0 spiro atoms. The third-order valence-corrected chi connectivity index (χ3v) is 2.71. The molecule has 1 N–H and O–H groups in total. The smallest absolute Gasteiger partial charge is 0.321 e. The molecule has 0 unspecified atom stereocenters. The van der Waals surface area contributed by atoms with Gasteiger partial charge in [-0.3, -0.25) is 4.79 Å². The topological polar surface area (TPSA) is 42.0 Å². The molecule has 23 heavy (non-hydrogen) atoms. The number of nitrogens with one attached hydrogen (secondary N) is 1. The summed E-state index contributed by atoms with van der Waals surface area (Å²) in [4.78, 5) is 14.8. The second-order valence-corrected chi connectivity index (χ2v) is 4.44. The third kappa shape index (κ3) is 4.21. The number of alkyl halides is 6. The third-order valence-electron chi connectivity index (χ3n) is 2.71.